The number of esters is 1. The van der Waals surface area contributed by atoms with Crippen LogP contribution in [0, 0.1) is 5.82 Å². The van der Waals surface area contributed by atoms with Crippen LogP contribution in [0.5, 0.6) is 0 Å². The van der Waals surface area contributed by atoms with Crippen molar-refractivity contribution in [1.82, 2.24) is 4.98 Å². The van der Waals surface area contributed by atoms with Crippen LogP contribution < -0.4 is 5.73 Å². The molecule has 1 aromatic heterocycles. The Hall–Kier alpha value is -2.14. The molecule has 0 aliphatic carbocycles. The van der Waals surface area contributed by atoms with E-state index in [4.69, 9.17) is 22.1 Å². The van der Waals surface area contributed by atoms with E-state index in [1.807, 2.05) is 0 Å². The Morgan fingerprint density at radius 3 is 2.84 bits per heavy atom. The molecule has 0 spiro atoms. The summed E-state index contributed by atoms with van der Waals surface area (Å²) in [6.45, 7) is -0.265. The van der Waals surface area contributed by atoms with E-state index in [0.29, 0.717) is 0 Å². The van der Waals surface area contributed by atoms with Crippen LogP contribution in [0.25, 0.3) is 0 Å². The van der Waals surface area contributed by atoms with Crippen LogP contribution in [-0.2, 0) is 11.3 Å². The first kappa shape index (κ1) is 13.3. The first-order valence-electron chi connectivity index (χ1n) is 5.40. The maximum absolute atomic E-state index is 13.5. The lowest BCUT2D eigenvalue weighted by Crippen LogP contribution is -2.10. The van der Waals surface area contributed by atoms with Crippen molar-refractivity contribution in [3.63, 3.8) is 0 Å². The second kappa shape index (κ2) is 5.67. The number of rotatable bonds is 3. The van der Waals surface area contributed by atoms with Gasteiger partial charge in [0.2, 0.25) is 0 Å². The van der Waals surface area contributed by atoms with E-state index in [1.54, 1.807) is 6.07 Å². The largest absolute Gasteiger partial charge is 0.457 e. The lowest BCUT2D eigenvalue weighted by molar-refractivity contribution is 0.0470. The monoisotopic (exact) mass is 280 g/mol. The van der Waals surface area contributed by atoms with Gasteiger partial charge in [0, 0.05) is 11.8 Å². The number of nitrogens with zero attached hydrogens (tertiary/aromatic N) is 1. The van der Waals surface area contributed by atoms with Gasteiger partial charge < -0.3 is 10.5 Å². The predicted octanol–water partition coefficient (Wildman–Crippen LogP) is 2.81. The molecular formula is C13H10ClFN2O2. The lowest BCUT2D eigenvalue weighted by atomic mass is 10.2. The minimum absolute atomic E-state index is 0.0622. The molecule has 2 rings (SSSR count). The molecule has 0 atom stereocenters. The number of hydrogen-bond acceptors (Lipinski definition) is 4. The Balaban J connectivity index is 2.11. The van der Waals surface area contributed by atoms with Gasteiger partial charge in [0.1, 0.15) is 23.8 Å². The highest BCUT2D eigenvalue weighted by molar-refractivity contribution is 6.31. The SMILES string of the molecule is Nc1ncccc1C(=O)OCc1c(F)cccc1Cl. The molecule has 0 bridgehead atoms. The Bertz CT molecular complexity index is 599. The summed E-state index contributed by atoms with van der Waals surface area (Å²) in [5.41, 5.74) is 5.80. The highest BCUT2D eigenvalue weighted by Gasteiger charge is 2.14. The number of nitrogen functional groups attached to an aromatic ring is 1. The zero-order chi connectivity index (χ0) is 13.8. The van der Waals surface area contributed by atoms with Crippen LogP contribution in [0.4, 0.5) is 10.2 Å². The van der Waals surface area contributed by atoms with Crippen molar-refractivity contribution >= 4 is 23.4 Å². The number of pyridine rings is 1. The third-order valence-electron chi connectivity index (χ3n) is 2.47. The van der Waals surface area contributed by atoms with Crippen LogP contribution in [0.2, 0.25) is 5.02 Å². The zero-order valence-electron chi connectivity index (χ0n) is 9.77. The molecule has 19 heavy (non-hydrogen) atoms. The zero-order valence-corrected chi connectivity index (χ0v) is 10.5. The van der Waals surface area contributed by atoms with Crippen molar-refractivity contribution in [2.75, 3.05) is 5.73 Å². The summed E-state index contributed by atoms with van der Waals surface area (Å²) >= 11 is 5.82. The fourth-order valence-electron chi connectivity index (χ4n) is 1.48. The molecule has 6 heteroatoms. The van der Waals surface area contributed by atoms with Crippen molar-refractivity contribution in [3.8, 4) is 0 Å². The van der Waals surface area contributed by atoms with E-state index >= 15 is 0 Å². The number of anilines is 1. The van der Waals surface area contributed by atoms with Gasteiger partial charge in [0.25, 0.3) is 0 Å². The molecule has 0 amide bonds. The summed E-state index contributed by atoms with van der Waals surface area (Å²) in [7, 11) is 0. The maximum Gasteiger partial charge on any atom is 0.342 e. The molecule has 4 nitrogen and oxygen atoms in total. The highest BCUT2D eigenvalue weighted by Crippen LogP contribution is 2.20. The summed E-state index contributed by atoms with van der Waals surface area (Å²) in [6, 6.07) is 7.28. The number of ether oxygens (including phenoxy) is 1. The van der Waals surface area contributed by atoms with Gasteiger partial charge in [-0.1, -0.05) is 17.7 Å². The van der Waals surface area contributed by atoms with Crippen molar-refractivity contribution in [3.05, 3.63) is 58.5 Å². The molecule has 0 fully saturated rings. The van der Waals surface area contributed by atoms with E-state index in [1.165, 1.54) is 30.5 Å². The average Bonchev–Trinajstić information content (AvgIpc) is 2.38. The standard InChI is InChI=1S/C13H10ClFN2O2/c14-10-4-1-5-11(15)9(10)7-19-13(18)8-3-2-6-17-12(8)16/h1-6H,7H2,(H2,16,17). The molecule has 2 N–H and O–H groups in total. The molecule has 98 valence electrons. The normalized spacial score (nSPS) is 10.2. The van der Waals surface area contributed by atoms with Crippen LogP contribution in [0.15, 0.2) is 36.5 Å². The number of carbonyl (C=O) groups is 1. The molecule has 0 radical (unpaired) electrons. The minimum Gasteiger partial charge on any atom is -0.457 e. The van der Waals surface area contributed by atoms with Gasteiger partial charge in [0.05, 0.1) is 5.02 Å². The molecular weight excluding hydrogens is 271 g/mol. The first-order valence-corrected chi connectivity index (χ1v) is 5.78. The molecule has 1 heterocycles. The highest BCUT2D eigenvalue weighted by atomic mass is 35.5. The lowest BCUT2D eigenvalue weighted by Gasteiger charge is -2.08. The molecule has 2 aromatic rings. The number of hydrogen-bond donors (Lipinski definition) is 1. The van der Waals surface area contributed by atoms with Crippen LogP contribution in [-0.4, -0.2) is 11.0 Å². The molecule has 1 aromatic carbocycles. The molecule has 0 saturated heterocycles. The van der Waals surface area contributed by atoms with Crippen LogP contribution >= 0.6 is 11.6 Å². The van der Waals surface area contributed by atoms with E-state index in [0.717, 1.165) is 0 Å². The quantitative estimate of drug-likeness (QED) is 0.878. The maximum atomic E-state index is 13.5. The Morgan fingerprint density at radius 2 is 2.16 bits per heavy atom. The van der Waals surface area contributed by atoms with Gasteiger partial charge in [-0.3, -0.25) is 0 Å². The van der Waals surface area contributed by atoms with Gasteiger partial charge in [-0.05, 0) is 24.3 Å². The summed E-state index contributed by atoms with van der Waals surface area (Å²) < 4.78 is 18.4. The Kier molecular flexibility index (Phi) is 3.97. The van der Waals surface area contributed by atoms with Crippen molar-refractivity contribution in [2.45, 2.75) is 6.61 Å². The Labute approximate surface area is 114 Å². The van der Waals surface area contributed by atoms with Crippen LogP contribution in [0.3, 0.4) is 0 Å². The predicted molar refractivity (Wildman–Crippen MR) is 69.2 cm³/mol. The smallest absolute Gasteiger partial charge is 0.342 e. The van der Waals surface area contributed by atoms with Gasteiger partial charge in [-0.15, -0.1) is 0 Å². The summed E-state index contributed by atoms with van der Waals surface area (Å²) in [5, 5.41) is 0.201. The van der Waals surface area contributed by atoms with Gasteiger partial charge in [-0.2, -0.15) is 0 Å². The van der Waals surface area contributed by atoms with Gasteiger partial charge in [-0.25, -0.2) is 14.2 Å². The van der Waals surface area contributed by atoms with E-state index in [9.17, 15) is 9.18 Å². The number of carbonyl (C=O) groups excluding carboxylic acids is 1. The average molecular weight is 281 g/mol. The molecule has 0 aliphatic heterocycles. The topological polar surface area (TPSA) is 65.2 Å². The van der Waals surface area contributed by atoms with Crippen molar-refractivity contribution in [1.29, 1.82) is 0 Å². The van der Waals surface area contributed by atoms with Crippen LogP contribution in [0.1, 0.15) is 15.9 Å². The molecule has 0 saturated carbocycles. The van der Waals surface area contributed by atoms with Gasteiger partial charge >= 0.3 is 5.97 Å². The summed E-state index contributed by atoms with van der Waals surface area (Å²) in [6.07, 6.45) is 1.46. The Morgan fingerprint density at radius 1 is 1.37 bits per heavy atom. The second-order valence-electron chi connectivity index (χ2n) is 3.71. The first-order chi connectivity index (χ1) is 9.09. The van der Waals surface area contributed by atoms with E-state index in [2.05, 4.69) is 4.98 Å². The number of aromatic nitrogens is 1. The minimum atomic E-state index is -0.676. The number of benzene rings is 1. The fourth-order valence-corrected chi connectivity index (χ4v) is 1.69. The van der Waals surface area contributed by atoms with Gasteiger partial charge in [0.15, 0.2) is 0 Å². The third kappa shape index (κ3) is 3.00. The van der Waals surface area contributed by atoms with E-state index < -0.39 is 11.8 Å². The number of halogens is 2. The molecule has 0 aliphatic rings. The fraction of sp³-hybridized carbons (Fsp3) is 0.0769. The summed E-state index contributed by atoms with van der Waals surface area (Å²) in [5.74, 6) is -1.14. The molecule has 0 unspecified atom stereocenters. The third-order valence-corrected chi connectivity index (χ3v) is 2.82. The van der Waals surface area contributed by atoms with E-state index in [-0.39, 0.29) is 28.6 Å². The van der Waals surface area contributed by atoms with Crippen molar-refractivity contribution in [2.24, 2.45) is 0 Å². The number of nitrogens with two attached hydrogens (primary N) is 1. The van der Waals surface area contributed by atoms with Crippen molar-refractivity contribution < 1.29 is 13.9 Å². The second-order valence-corrected chi connectivity index (χ2v) is 4.12. The summed E-state index contributed by atoms with van der Waals surface area (Å²) in [4.78, 5) is 15.5.